The summed E-state index contributed by atoms with van der Waals surface area (Å²) in [4.78, 5) is 35.0. The Balaban J connectivity index is 1.98. The van der Waals surface area contributed by atoms with E-state index < -0.39 is 5.91 Å². The molecule has 23 heavy (non-hydrogen) atoms. The fourth-order valence-corrected chi connectivity index (χ4v) is 2.45. The standard InChI is InChI=1S/C18H14N2O3/c1-11(21)19-13-8-6-12(7-9-13)10-16-14-4-2-3-5-15(14)17(22)20-18(16)23/h2-10H,1H3,(H,19,21)(H,20,22,23)/b16-10-. The molecule has 0 aromatic heterocycles. The molecule has 2 aromatic rings. The van der Waals surface area contributed by atoms with Crippen molar-refractivity contribution in [3.05, 3.63) is 65.2 Å². The van der Waals surface area contributed by atoms with Crippen LogP contribution in [0.15, 0.2) is 48.5 Å². The summed E-state index contributed by atoms with van der Waals surface area (Å²) < 4.78 is 0. The van der Waals surface area contributed by atoms with Gasteiger partial charge in [0.05, 0.1) is 0 Å². The second-order valence-corrected chi connectivity index (χ2v) is 5.19. The summed E-state index contributed by atoms with van der Waals surface area (Å²) in [6.45, 7) is 1.44. The summed E-state index contributed by atoms with van der Waals surface area (Å²) in [5.74, 6) is -0.946. The molecule has 3 rings (SSSR count). The van der Waals surface area contributed by atoms with Crippen LogP contribution in [0.1, 0.15) is 28.4 Å². The molecule has 2 aromatic carbocycles. The summed E-state index contributed by atoms with van der Waals surface area (Å²) in [5.41, 5.74) is 3.02. The Morgan fingerprint density at radius 3 is 2.26 bits per heavy atom. The Bertz CT molecular complexity index is 836. The van der Waals surface area contributed by atoms with Crippen molar-refractivity contribution in [2.24, 2.45) is 0 Å². The molecule has 1 aliphatic rings. The molecule has 114 valence electrons. The van der Waals surface area contributed by atoms with Gasteiger partial charge in [0.15, 0.2) is 0 Å². The average Bonchev–Trinajstić information content (AvgIpc) is 2.52. The van der Waals surface area contributed by atoms with Crippen molar-refractivity contribution in [2.45, 2.75) is 6.92 Å². The third-order valence-corrected chi connectivity index (χ3v) is 3.48. The smallest absolute Gasteiger partial charge is 0.258 e. The van der Waals surface area contributed by atoms with E-state index in [2.05, 4.69) is 10.6 Å². The Labute approximate surface area is 133 Å². The lowest BCUT2D eigenvalue weighted by atomic mass is 9.93. The van der Waals surface area contributed by atoms with Gasteiger partial charge >= 0.3 is 0 Å². The molecule has 0 unspecified atom stereocenters. The summed E-state index contributed by atoms with van der Waals surface area (Å²) >= 11 is 0. The number of benzene rings is 2. The zero-order chi connectivity index (χ0) is 16.4. The van der Waals surface area contributed by atoms with E-state index in [9.17, 15) is 14.4 Å². The summed E-state index contributed by atoms with van der Waals surface area (Å²) in [7, 11) is 0. The van der Waals surface area contributed by atoms with E-state index in [1.807, 2.05) is 0 Å². The molecule has 1 aliphatic heterocycles. The molecular weight excluding hydrogens is 292 g/mol. The maximum absolute atomic E-state index is 12.1. The number of rotatable bonds is 2. The number of hydrogen-bond acceptors (Lipinski definition) is 3. The number of amides is 3. The van der Waals surface area contributed by atoms with Crippen LogP contribution >= 0.6 is 0 Å². The molecule has 5 nitrogen and oxygen atoms in total. The normalized spacial score (nSPS) is 15.1. The molecule has 0 aliphatic carbocycles. The van der Waals surface area contributed by atoms with Crippen molar-refractivity contribution < 1.29 is 14.4 Å². The summed E-state index contributed by atoms with van der Waals surface area (Å²) in [5, 5.41) is 5.02. The van der Waals surface area contributed by atoms with Crippen molar-refractivity contribution in [3.63, 3.8) is 0 Å². The number of carbonyl (C=O) groups excluding carboxylic acids is 3. The Hall–Kier alpha value is -3.21. The first kappa shape index (κ1) is 14.7. The average molecular weight is 306 g/mol. The predicted octanol–water partition coefficient (Wildman–Crippen LogP) is 2.46. The van der Waals surface area contributed by atoms with Crippen LogP contribution in [0.3, 0.4) is 0 Å². The third kappa shape index (κ3) is 3.03. The number of nitrogens with one attached hydrogen (secondary N) is 2. The highest BCUT2D eigenvalue weighted by molar-refractivity contribution is 6.33. The van der Waals surface area contributed by atoms with Crippen LogP contribution in [0.25, 0.3) is 11.6 Å². The van der Waals surface area contributed by atoms with Gasteiger partial charge in [-0.1, -0.05) is 30.3 Å². The first-order chi connectivity index (χ1) is 11.0. The third-order valence-electron chi connectivity index (χ3n) is 3.48. The van der Waals surface area contributed by atoms with E-state index in [-0.39, 0.29) is 11.8 Å². The lowest BCUT2D eigenvalue weighted by Crippen LogP contribution is -2.36. The predicted molar refractivity (Wildman–Crippen MR) is 87.5 cm³/mol. The highest BCUT2D eigenvalue weighted by Gasteiger charge is 2.26. The van der Waals surface area contributed by atoms with Crippen LogP contribution in [0.5, 0.6) is 0 Å². The zero-order valence-corrected chi connectivity index (χ0v) is 12.4. The van der Waals surface area contributed by atoms with E-state index in [1.165, 1.54) is 6.92 Å². The molecule has 1 heterocycles. The van der Waals surface area contributed by atoms with Crippen molar-refractivity contribution >= 4 is 35.1 Å². The van der Waals surface area contributed by atoms with E-state index in [0.29, 0.717) is 22.4 Å². The van der Waals surface area contributed by atoms with Gasteiger partial charge in [0.1, 0.15) is 0 Å². The van der Waals surface area contributed by atoms with Crippen molar-refractivity contribution in [2.75, 3.05) is 5.32 Å². The van der Waals surface area contributed by atoms with E-state index in [1.54, 1.807) is 54.6 Å². The molecule has 3 amide bonds. The maximum atomic E-state index is 12.1. The first-order valence-electron chi connectivity index (χ1n) is 7.09. The van der Waals surface area contributed by atoms with Gasteiger partial charge in [-0.3, -0.25) is 19.7 Å². The number of carbonyl (C=O) groups is 3. The van der Waals surface area contributed by atoms with E-state index >= 15 is 0 Å². The van der Waals surface area contributed by atoms with Gasteiger partial charge in [-0.25, -0.2) is 0 Å². The molecule has 0 bridgehead atoms. The van der Waals surface area contributed by atoms with E-state index in [4.69, 9.17) is 0 Å². The monoisotopic (exact) mass is 306 g/mol. The molecule has 0 fully saturated rings. The Morgan fingerprint density at radius 2 is 1.61 bits per heavy atom. The lowest BCUT2D eigenvalue weighted by molar-refractivity contribution is -0.115. The van der Waals surface area contributed by atoms with Crippen molar-refractivity contribution in [1.29, 1.82) is 0 Å². The first-order valence-corrected chi connectivity index (χ1v) is 7.09. The minimum atomic E-state index is -0.417. The highest BCUT2D eigenvalue weighted by Crippen LogP contribution is 2.26. The van der Waals surface area contributed by atoms with Gasteiger partial charge in [-0.2, -0.15) is 0 Å². The molecule has 0 atom stereocenters. The maximum Gasteiger partial charge on any atom is 0.258 e. The fraction of sp³-hybridized carbons (Fsp3) is 0.0556. The fourth-order valence-electron chi connectivity index (χ4n) is 2.45. The molecular formula is C18H14N2O3. The van der Waals surface area contributed by atoms with Crippen LogP contribution in [0, 0.1) is 0 Å². The van der Waals surface area contributed by atoms with Gasteiger partial charge in [0.25, 0.3) is 11.8 Å². The number of fused-ring (bicyclic) bond motifs is 1. The van der Waals surface area contributed by atoms with Gasteiger partial charge in [-0.05, 0) is 35.4 Å². The number of anilines is 1. The molecule has 5 heteroatoms. The topological polar surface area (TPSA) is 75.3 Å². The van der Waals surface area contributed by atoms with E-state index in [0.717, 1.165) is 5.56 Å². The molecule has 0 saturated carbocycles. The number of imide groups is 1. The quantitative estimate of drug-likeness (QED) is 0.661. The lowest BCUT2D eigenvalue weighted by Gasteiger charge is -2.18. The summed E-state index contributed by atoms with van der Waals surface area (Å²) in [6.07, 6.45) is 1.72. The Kier molecular flexibility index (Phi) is 3.76. The van der Waals surface area contributed by atoms with Crippen LogP contribution in [0.4, 0.5) is 5.69 Å². The molecule has 2 N–H and O–H groups in total. The van der Waals surface area contributed by atoms with Gasteiger partial charge in [-0.15, -0.1) is 0 Å². The Morgan fingerprint density at radius 1 is 0.957 bits per heavy atom. The van der Waals surface area contributed by atoms with Crippen LogP contribution in [-0.4, -0.2) is 17.7 Å². The van der Waals surface area contributed by atoms with Crippen molar-refractivity contribution in [1.82, 2.24) is 5.32 Å². The van der Waals surface area contributed by atoms with Gasteiger partial charge in [0.2, 0.25) is 5.91 Å². The summed E-state index contributed by atoms with van der Waals surface area (Å²) in [6, 6.07) is 14.1. The molecule has 0 radical (unpaired) electrons. The molecule has 0 spiro atoms. The van der Waals surface area contributed by atoms with Gasteiger partial charge < -0.3 is 5.32 Å². The van der Waals surface area contributed by atoms with Crippen LogP contribution < -0.4 is 10.6 Å². The second kappa shape index (κ2) is 5.88. The minimum Gasteiger partial charge on any atom is -0.326 e. The van der Waals surface area contributed by atoms with Crippen molar-refractivity contribution in [3.8, 4) is 0 Å². The molecule has 0 saturated heterocycles. The van der Waals surface area contributed by atoms with Gasteiger partial charge in [0, 0.05) is 23.7 Å². The highest BCUT2D eigenvalue weighted by atomic mass is 16.2. The number of hydrogen-bond donors (Lipinski definition) is 2. The zero-order valence-electron chi connectivity index (χ0n) is 12.4. The SMILES string of the molecule is CC(=O)Nc1ccc(/C=C2\C(=O)NC(=O)c3ccccc32)cc1. The van der Waals surface area contributed by atoms with Crippen LogP contribution in [0.2, 0.25) is 0 Å². The minimum absolute atomic E-state index is 0.143. The largest absolute Gasteiger partial charge is 0.326 e. The second-order valence-electron chi connectivity index (χ2n) is 5.19. The van der Waals surface area contributed by atoms with Crippen LogP contribution in [-0.2, 0) is 9.59 Å².